The van der Waals surface area contributed by atoms with Crippen LogP contribution in [0, 0.1) is 0 Å². The van der Waals surface area contributed by atoms with E-state index in [1.807, 2.05) is 13.0 Å². The largest absolute Gasteiger partial charge is 0.489 e. The predicted octanol–water partition coefficient (Wildman–Crippen LogP) is 1.60. The average molecular weight is 233 g/mol. The van der Waals surface area contributed by atoms with E-state index in [0.717, 1.165) is 12.0 Å². The summed E-state index contributed by atoms with van der Waals surface area (Å²) in [4.78, 5) is 23.8. The monoisotopic (exact) mass is 233 g/mol. The normalized spacial score (nSPS) is 28.2. The van der Waals surface area contributed by atoms with E-state index in [-0.39, 0.29) is 23.4 Å². The van der Waals surface area contributed by atoms with Gasteiger partial charge >= 0.3 is 0 Å². The molecule has 0 bridgehead atoms. The van der Waals surface area contributed by atoms with Crippen LogP contribution >= 0.6 is 0 Å². The Morgan fingerprint density at radius 3 is 2.65 bits per heavy atom. The van der Waals surface area contributed by atoms with E-state index in [1.165, 1.54) is 0 Å². The van der Waals surface area contributed by atoms with Gasteiger partial charge < -0.3 is 10.1 Å². The fourth-order valence-electron chi connectivity index (χ4n) is 1.85. The lowest BCUT2D eigenvalue weighted by Crippen LogP contribution is -2.17. The summed E-state index contributed by atoms with van der Waals surface area (Å²) in [5, 5.41) is 2.58. The Balaban J connectivity index is 2.47. The standard InChI is InChI=1S/C13H15NO3/c1-7(2)11-12(15)10(13(16)14-11)9-6-4-5-8(3)17-9/h4,6,8H,5H2,1-3H3,(H,14,16)/b10-9-/t8-/m0/s1. The van der Waals surface area contributed by atoms with E-state index < -0.39 is 0 Å². The van der Waals surface area contributed by atoms with Crippen LogP contribution in [0.15, 0.2) is 34.8 Å². The van der Waals surface area contributed by atoms with Gasteiger partial charge in [-0.2, -0.15) is 0 Å². The third-order valence-corrected chi connectivity index (χ3v) is 2.73. The quantitative estimate of drug-likeness (QED) is 0.510. The highest BCUT2D eigenvalue weighted by atomic mass is 16.5. The molecule has 0 aromatic rings. The SMILES string of the molecule is CC(C)=C1NC(=O)/C(=C2/C=CC[C@H](C)O2)C1=O. The van der Waals surface area contributed by atoms with Gasteiger partial charge in [0.1, 0.15) is 11.3 Å². The van der Waals surface area contributed by atoms with Gasteiger partial charge in [0.15, 0.2) is 0 Å². The summed E-state index contributed by atoms with van der Waals surface area (Å²) in [6, 6.07) is 0. The molecular formula is C13H15NO3. The zero-order valence-corrected chi connectivity index (χ0v) is 10.2. The van der Waals surface area contributed by atoms with Crippen LogP contribution in [0.5, 0.6) is 0 Å². The minimum Gasteiger partial charge on any atom is -0.489 e. The highest BCUT2D eigenvalue weighted by molar-refractivity contribution is 6.32. The number of ketones is 1. The number of hydrogen-bond donors (Lipinski definition) is 1. The first-order valence-electron chi connectivity index (χ1n) is 5.61. The summed E-state index contributed by atoms with van der Waals surface area (Å²) in [5.74, 6) is -0.272. The highest BCUT2D eigenvalue weighted by Gasteiger charge is 2.35. The van der Waals surface area contributed by atoms with Crippen molar-refractivity contribution in [2.45, 2.75) is 33.3 Å². The van der Waals surface area contributed by atoms with Gasteiger partial charge in [0, 0.05) is 6.42 Å². The van der Waals surface area contributed by atoms with Crippen molar-refractivity contribution in [3.8, 4) is 0 Å². The number of rotatable bonds is 0. The van der Waals surface area contributed by atoms with Gasteiger partial charge in [-0.05, 0) is 32.4 Å². The molecule has 2 aliphatic heterocycles. The van der Waals surface area contributed by atoms with Crippen molar-refractivity contribution < 1.29 is 14.3 Å². The first-order valence-corrected chi connectivity index (χ1v) is 5.61. The second-order valence-corrected chi connectivity index (χ2v) is 4.46. The van der Waals surface area contributed by atoms with Crippen LogP contribution in [0.2, 0.25) is 0 Å². The van der Waals surface area contributed by atoms with Crippen LogP contribution in [0.1, 0.15) is 27.2 Å². The molecule has 0 radical (unpaired) electrons. The van der Waals surface area contributed by atoms with Crippen LogP contribution < -0.4 is 5.32 Å². The molecule has 1 atom stereocenters. The molecule has 0 aromatic carbocycles. The van der Waals surface area contributed by atoms with Gasteiger partial charge in [-0.15, -0.1) is 0 Å². The molecule has 4 heteroatoms. The van der Waals surface area contributed by atoms with Gasteiger partial charge in [0.05, 0.1) is 11.8 Å². The predicted molar refractivity (Wildman–Crippen MR) is 62.9 cm³/mol. The molecule has 0 aromatic heterocycles. The minimum atomic E-state index is -0.375. The van der Waals surface area contributed by atoms with Crippen molar-refractivity contribution in [2.75, 3.05) is 0 Å². The van der Waals surface area contributed by atoms with E-state index in [1.54, 1.807) is 19.9 Å². The summed E-state index contributed by atoms with van der Waals surface area (Å²) in [7, 11) is 0. The highest BCUT2D eigenvalue weighted by Crippen LogP contribution is 2.25. The molecule has 2 rings (SSSR count). The maximum absolute atomic E-state index is 12.1. The lowest BCUT2D eigenvalue weighted by molar-refractivity contribution is -0.117. The molecule has 17 heavy (non-hydrogen) atoms. The molecule has 1 fully saturated rings. The molecule has 0 saturated carbocycles. The van der Waals surface area contributed by atoms with Crippen molar-refractivity contribution in [1.82, 2.24) is 5.32 Å². The van der Waals surface area contributed by atoms with Crippen LogP contribution in [0.3, 0.4) is 0 Å². The molecule has 1 amide bonds. The number of Topliss-reactive ketones (excluding diaryl/α,β-unsaturated/α-hetero) is 1. The first kappa shape index (κ1) is 11.6. The Labute approximate surface area is 100 Å². The molecule has 0 spiro atoms. The van der Waals surface area contributed by atoms with Gasteiger partial charge in [0.25, 0.3) is 5.91 Å². The van der Waals surface area contributed by atoms with Crippen molar-refractivity contribution in [3.63, 3.8) is 0 Å². The third kappa shape index (κ3) is 2.02. The average Bonchev–Trinajstić information content (AvgIpc) is 2.54. The Morgan fingerprint density at radius 2 is 2.12 bits per heavy atom. The van der Waals surface area contributed by atoms with Crippen molar-refractivity contribution in [3.05, 3.63) is 34.8 Å². The number of allylic oxidation sites excluding steroid dienone is 3. The van der Waals surface area contributed by atoms with Crippen molar-refractivity contribution in [2.24, 2.45) is 0 Å². The number of amides is 1. The van der Waals surface area contributed by atoms with E-state index in [0.29, 0.717) is 11.5 Å². The molecule has 1 N–H and O–H groups in total. The maximum Gasteiger partial charge on any atom is 0.263 e. The van der Waals surface area contributed by atoms with Gasteiger partial charge in [-0.3, -0.25) is 9.59 Å². The molecule has 4 nitrogen and oxygen atoms in total. The Morgan fingerprint density at radius 1 is 1.41 bits per heavy atom. The molecule has 0 aliphatic carbocycles. The van der Waals surface area contributed by atoms with E-state index >= 15 is 0 Å². The number of hydrogen-bond acceptors (Lipinski definition) is 3. The summed E-state index contributed by atoms with van der Waals surface area (Å²) in [6.07, 6.45) is 4.40. The maximum atomic E-state index is 12.1. The zero-order valence-electron chi connectivity index (χ0n) is 10.2. The summed E-state index contributed by atoms with van der Waals surface area (Å²) in [5.41, 5.74) is 1.28. The van der Waals surface area contributed by atoms with Gasteiger partial charge in [-0.25, -0.2) is 0 Å². The molecular weight excluding hydrogens is 218 g/mol. The second kappa shape index (κ2) is 4.20. The van der Waals surface area contributed by atoms with Crippen LogP contribution in [-0.2, 0) is 14.3 Å². The Bertz CT molecular complexity index is 479. The van der Waals surface area contributed by atoms with E-state index in [4.69, 9.17) is 4.74 Å². The lowest BCUT2D eigenvalue weighted by Gasteiger charge is -2.18. The lowest BCUT2D eigenvalue weighted by atomic mass is 10.1. The van der Waals surface area contributed by atoms with E-state index in [2.05, 4.69) is 5.32 Å². The van der Waals surface area contributed by atoms with Gasteiger partial charge in [0.2, 0.25) is 5.78 Å². The summed E-state index contributed by atoms with van der Waals surface area (Å²) in [6.45, 7) is 5.49. The fraction of sp³-hybridized carbons (Fsp3) is 0.385. The van der Waals surface area contributed by atoms with Crippen LogP contribution in [0.25, 0.3) is 0 Å². The van der Waals surface area contributed by atoms with Gasteiger partial charge in [-0.1, -0.05) is 6.08 Å². The molecule has 0 unspecified atom stereocenters. The van der Waals surface area contributed by atoms with E-state index in [9.17, 15) is 9.59 Å². The zero-order chi connectivity index (χ0) is 12.6. The third-order valence-electron chi connectivity index (χ3n) is 2.73. The minimum absolute atomic E-state index is 0.00106. The number of carbonyl (C=O) groups excluding carboxylic acids is 2. The topological polar surface area (TPSA) is 55.4 Å². The van der Waals surface area contributed by atoms with Crippen molar-refractivity contribution in [1.29, 1.82) is 0 Å². The van der Waals surface area contributed by atoms with Crippen molar-refractivity contribution >= 4 is 11.7 Å². The molecule has 2 aliphatic rings. The molecule has 90 valence electrons. The number of carbonyl (C=O) groups is 2. The second-order valence-electron chi connectivity index (χ2n) is 4.46. The molecule has 2 heterocycles. The van der Waals surface area contributed by atoms with Crippen LogP contribution in [-0.4, -0.2) is 17.8 Å². The first-order chi connectivity index (χ1) is 8.00. The Kier molecular flexibility index (Phi) is 2.88. The Hall–Kier alpha value is -1.84. The van der Waals surface area contributed by atoms with Crippen LogP contribution in [0.4, 0.5) is 0 Å². The number of ether oxygens (including phenoxy) is 1. The smallest absolute Gasteiger partial charge is 0.263 e. The summed E-state index contributed by atoms with van der Waals surface area (Å²) < 4.78 is 5.53. The fourth-order valence-corrected chi connectivity index (χ4v) is 1.85. The summed E-state index contributed by atoms with van der Waals surface area (Å²) >= 11 is 0. The number of nitrogens with one attached hydrogen (secondary N) is 1. The molecule has 1 saturated heterocycles.